The lowest BCUT2D eigenvalue weighted by Gasteiger charge is -2.17. The molecule has 1 fully saturated rings. The first-order valence-corrected chi connectivity index (χ1v) is 5.33. The second-order valence-electron chi connectivity index (χ2n) is 3.91. The number of rotatable bonds is 3. The van der Waals surface area contributed by atoms with Crippen molar-refractivity contribution in [3.8, 4) is 5.75 Å². The lowest BCUT2D eigenvalue weighted by molar-refractivity contribution is 0.245. The van der Waals surface area contributed by atoms with Crippen molar-refractivity contribution in [2.45, 2.75) is 18.4 Å². The first-order chi connectivity index (χ1) is 7.35. The van der Waals surface area contributed by atoms with Gasteiger partial charge in [0.1, 0.15) is 5.75 Å². The van der Waals surface area contributed by atoms with Crippen molar-refractivity contribution in [3.05, 3.63) is 29.8 Å². The van der Waals surface area contributed by atoms with Crippen LogP contribution in [0.2, 0.25) is 0 Å². The predicted molar refractivity (Wildman–Crippen MR) is 59.2 cm³/mol. The predicted octanol–water partition coefficient (Wildman–Crippen LogP) is 1.13. The molecule has 3 heteroatoms. The zero-order valence-corrected chi connectivity index (χ0v) is 8.94. The minimum absolute atomic E-state index is 0.205. The summed E-state index contributed by atoms with van der Waals surface area (Å²) in [4.78, 5) is 0. The van der Waals surface area contributed by atoms with E-state index < -0.39 is 0 Å². The van der Waals surface area contributed by atoms with E-state index in [1.807, 2.05) is 12.1 Å². The molecule has 1 saturated heterocycles. The highest BCUT2D eigenvalue weighted by Crippen LogP contribution is 2.28. The van der Waals surface area contributed by atoms with Gasteiger partial charge in [0, 0.05) is 12.0 Å². The van der Waals surface area contributed by atoms with Crippen LogP contribution < -0.4 is 10.1 Å². The van der Waals surface area contributed by atoms with E-state index in [2.05, 4.69) is 17.4 Å². The molecule has 1 aromatic rings. The molecule has 0 saturated carbocycles. The van der Waals surface area contributed by atoms with E-state index in [0.29, 0.717) is 5.92 Å². The maximum atomic E-state index is 9.21. The minimum atomic E-state index is 0.205. The average Bonchev–Trinajstić information content (AvgIpc) is 2.77. The molecular weight excluding hydrogens is 190 g/mol. The van der Waals surface area contributed by atoms with E-state index in [0.717, 1.165) is 18.7 Å². The molecule has 0 amide bonds. The van der Waals surface area contributed by atoms with Gasteiger partial charge in [0.25, 0.3) is 0 Å². The van der Waals surface area contributed by atoms with Crippen molar-refractivity contribution in [1.29, 1.82) is 0 Å². The third-order valence-corrected chi connectivity index (χ3v) is 3.09. The number of aliphatic hydroxyl groups is 1. The summed E-state index contributed by atoms with van der Waals surface area (Å²) in [5, 5.41) is 12.5. The number of hydrogen-bond donors (Lipinski definition) is 2. The zero-order valence-electron chi connectivity index (χ0n) is 8.94. The number of hydrogen-bond acceptors (Lipinski definition) is 3. The normalized spacial score (nSPS) is 25.5. The van der Waals surface area contributed by atoms with Crippen LogP contribution in [0.15, 0.2) is 24.3 Å². The molecule has 0 bridgehead atoms. The molecule has 0 aromatic heterocycles. The van der Waals surface area contributed by atoms with Crippen molar-refractivity contribution < 1.29 is 9.84 Å². The van der Waals surface area contributed by atoms with Crippen molar-refractivity contribution in [2.75, 3.05) is 20.3 Å². The molecule has 1 unspecified atom stereocenters. The smallest absolute Gasteiger partial charge is 0.118 e. The standard InChI is InChI=1S/C12H17NO2/c1-15-10-4-2-9(3-5-10)11-6-7-13-12(11)8-14/h2-5,11-14H,6-8H2,1H3/t11-,12?/m0/s1. The van der Waals surface area contributed by atoms with Gasteiger partial charge >= 0.3 is 0 Å². The van der Waals surface area contributed by atoms with Crippen LogP contribution in [0.3, 0.4) is 0 Å². The topological polar surface area (TPSA) is 41.5 Å². The third-order valence-electron chi connectivity index (χ3n) is 3.09. The Morgan fingerprint density at radius 1 is 1.40 bits per heavy atom. The van der Waals surface area contributed by atoms with Gasteiger partial charge in [-0.3, -0.25) is 0 Å². The fourth-order valence-electron chi connectivity index (χ4n) is 2.21. The van der Waals surface area contributed by atoms with Crippen LogP contribution in [0, 0.1) is 0 Å². The van der Waals surface area contributed by atoms with Gasteiger partial charge in [-0.15, -0.1) is 0 Å². The molecule has 1 aliphatic rings. The Kier molecular flexibility index (Phi) is 3.23. The monoisotopic (exact) mass is 207 g/mol. The van der Waals surface area contributed by atoms with Crippen LogP contribution in [0.1, 0.15) is 17.9 Å². The molecule has 0 radical (unpaired) electrons. The summed E-state index contributed by atoms with van der Waals surface area (Å²) in [5.74, 6) is 1.31. The minimum Gasteiger partial charge on any atom is -0.497 e. The van der Waals surface area contributed by atoms with E-state index in [1.54, 1.807) is 7.11 Å². The van der Waals surface area contributed by atoms with Crippen LogP contribution in [0.5, 0.6) is 5.75 Å². The highest BCUT2D eigenvalue weighted by Gasteiger charge is 2.27. The Morgan fingerprint density at radius 2 is 2.13 bits per heavy atom. The van der Waals surface area contributed by atoms with Gasteiger partial charge < -0.3 is 15.2 Å². The number of methoxy groups -OCH3 is 1. The Bertz CT molecular complexity index is 310. The van der Waals surface area contributed by atoms with Gasteiger partial charge in [0.15, 0.2) is 0 Å². The largest absolute Gasteiger partial charge is 0.497 e. The quantitative estimate of drug-likeness (QED) is 0.780. The molecule has 2 rings (SSSR count). The SMILES string of the molecule is COc1ccc([C@@H]2CCNC2CO)cc1. The molecule has 2 atom stereocenters. The summed E-state index contributed by atoms with van der Waals surface area (Å²) < 4.78 is 5.12. The number of aliphatic hydroxyl groups excluding tert-OH is 1. The van der Waals surface area contributed by atoms with Gasteiger partial charge in [-0.25, -0.2) is 0 Å². The summed E-state index contributed by atoms with van der Waals surface area (Å²) in [5.41, 5.74) is 1.28. The summed E-state index contributed by atoms with van der Waals surface area (Å²) in [6, 6.07) is 8.32. The third kappa shape index (κ3) is 2.13. The van der Waals surface area contributed by atoms with Crippen molar-refractivity contribution in [1.82, 2.24) is 5.32 Å². The maximum absolute atomic E-state index is 9.21. The Morgan fingerprint density at radius 3 is 2.73 bits per heavy atom. The molecule has 15 heavy (non-hydrogen) atoms. The van der Waals surface area contributed by atoms with Gasteiger partial charge in [0.05, 0.1) is 13.7 Å². The zero-order chi connectivity index (χ0) is 10.7. The summed E-state index contributed by atoms with van der Waals surface area (Å²) in [6.45, 7) is 1.19. The van der Waals surface area contributed by atoms with Crippen molar-refractivity contribution in [3.63, 3.8) is 0 Å². The number of nitrogens with one attached hydrogen (secondary N) is 1. The van der Waals surface area contributed by atoms with E-state index in [4.69, 9.17) is 4.74 Å². The summed E-state index contributed by atoms with van der Waals surface area (Å²) >= 11 is 0. The fraction of sp³-hybridized carbons (Fsp3) is 0.500. The number of benzene rings is 1. The second-order valence-corrected chi connectivity index (χ2v) is 3.91. The van der Waals surface area contributed by atoms with Crippen LogP contribution >= 0.6 is 0 Å². The molecule has 0 aliphatic carbocycles. The van der Waals surface area contributed by atoms with Gasteiger partial charge in [-0.05, 0) is 30.7 Å². The van der Waals surface area contributed by atoms with E-state index in [1.165, 1.54) is 5.56 Å². The van der Waals surface area contributed by atoms with Crippen molar-refractivity contribution >= 4 is 0 Å². The maximum Gasteiger partial charge on any atom is 0.118 e. The molecule has 3 nitrogen and oxygen atoms in total. The molecule has 82 valence electrons. The first kappa shape index (κ1) is 10.5. The second kappa shape index (κ2) is 4.64. The van der Waals surface area contributed by atoms with Crippen LogP contribution in [-0.2, 0) is 0 Å². The molecule has 1 heterocycles. The Labute approximate surface area is 90.1 Å². The molecule has 0 spiro atoms. The summed E-state index contributed by atoms with van der Waals surface area (Å²) in [7, 11) is 1.67. The molecule has 2 N–H and O–H groups in total. The van der Waals surface area contributed by atoms with E-state index in [-0.39, 0.29) is 12.6 Å². The van der Waals surface area contributed by atoms with Gasteiger partial charge in [-0.2, -0.15) is 0 Å². The fourth-order valence-corrected chi connectivity index (χ4v) is 2.21. The molecule has 1 aliphatic heterocycles. The van der Waals surface area contributed by atoms with Gasteiger partial charge in [-0.1, -0.05) is 12.1 Å². The lowest BCUT2D eigenvalue weighted by Crippen LogP contribution is -2.29. The number of ether oxygens (including phenoxy) is 1. The van der Waals surface area contributed by atoms with Crippen LogP contribution in [0.4, 0.5) is 0 Å². The molecular formula is C12H17NO2. The van der Waals surface area contributed by atoms with Crippen LogP contribution in [0.25, 0.3) is 0 Å². The van der Waals surface area contributed by atoms with Gasteiger partial charge in [0.2, 0.25) is 0 Å². The lowest BCUT2D eigenvalue weighted by atomic mass is 9.92. The highest BCUT2D eigenvalue weighted by molar-refractivity contribution is 5.30. The average molecular weight is 207 g/mol. The molecule has 1 aromatic carbocycles. The Balaban J connectivity index is 2.14. The van der Waals surface area contributed by atoms with Crippen molar-refractivity contribution in [2.24, 2.45) is 0 Å². The van der Waals surface area contributed by atoms with Crippen LogP contribution in [-0.4, -0.2) is 31.4 Å². The Hall–Kier alpha value is -1.06. The highest BCUT2D eigenvalue weighted by atomic mass is 16.5. The van der Waals surface area contributed by atoms with E-state index >= 15 is 0 Å². The summed E-state index contributed by atoms with van der Waals surface area (Å²) in [6.07, 6.45) is 1.09. The first-order valence-electron chi connectivity index (χ1n) is 5.33. The van der Waals surface area contributed by atoms with E-state index in [9.17, 15) is 5.11 Å².